The molecule has 0 amide bonds. The minimum Gasteiger partial charge on any atom is -0.313 e. The lowest BCUT2D eigenvalue weighted by Crippen LogP contribution is -2.15. The molecule has 0 atom stereocenters. The van der Waals surface area contributed by atoms with Crippen LogP contribution in [-0.2, 0) is 13.6 Å². The van der Waals surface area contributed by atoms with Gasteiger partial charge in [-0.25, -0.2) is 0 Å². The Balaban J connectivity index is 2.40. The van der Waals surface area contributed by atoms with E-state index in [9.17, 15) is 0 Å². The summed E-state index contributed by atoms with van der Waals surface area (Å²) in [5, 5.41) is 7.99. The van der Waals surface area contributed by atoms with Crippen LogP contribution < -0.4 is 5.32 Å². The predicted octanol–water partition coefficient (Wildman–Crippen LogP) is 2.82. The van der Waals surface area contributed by atoms with Gasteiger partial charge in [0.05, 0.1) is 5.69 Å². The number of unbranched alkanes of at least 4 members (excludes halogenated alkanes) is 2. The Labute approximate surface area is 99.2 Å². The molecule has 1 rings (SSSR count). The fourth-order valence-corrected chi connectivity index (χ4v) is 1.90. The Kier molecular flexibility index (Phi) is 5.53. The zero-order chi connectivity index (χ0) is 12.0. The van der Waals surface area contributed by atoms with Crippen LogP contribution in [0.5, 0.6) is 0 Å². The maximum absolute atomic E-state index is 4.50. The van der Waals surface area contributed by atoms with Crippen molar-refractivity contribution in [2.45, 2.75) is 52.5 Å². The fraction of sp³-hybridized carbons (Fsp3) is 0.769. The van der Waals surface area contributed by atoms with E-state index in [1.54, 1.807) is 0 Å². The molecule has 0 bridgehead atoms. The van der Waals surface area contributed by atoms with Crippen molar-refractivity contribution in [2.75, 3.05) is 6.54 Å². The third kappa shape index (κ3) is 3.97. The number of nitrogens with zero attached hydrogens (tertiary/aromatic N) is 2. The molecule has 0 saturated heterocycles. The van der Waals surface area contributed by atoms with E-state index in [1.807, 2.05) is 11.7 Å². The summed E-state index contributed by atoms with van der Waals surface area (Å²) in [6, 6.07) is 0. The Morgan fingerprint density at radius 2 is 2.12 bits per heavy atom. The molecule has 0 aliphatic heterocycles. The van der Waals surface area contributed by atoms with Crippen LogP contribution in [0.25, 0.3) is 0 Å². The highest BCUT2D eigenvalue weighted by molar-refractivity contribution is 5.19. The lowest BCUT2D eigenvalue weighted by atomic mass is 10.1. The summed E-state index contributed by atoms with van der Waals surface area (Å²) in [6.07, 6.45) is 6.00. The lowest BCUT2D eigenvalue weighted by molar-refractivity contribution is 0.612. The van der Waals surface area contributed by atoms with Crippen molar-refractivity contribution >= 4 is 0 Å². The summed E-state index contributed by atoms with van der Waals surface area (Å²) in [5.41, 5.74) is 2.57. The highest BCUT2D eigenvalue weighted by atomic mass is 15.3. The van der Waals surface area contributed by atoms with Gasteiger partial charge in [-0.2, -0.15) is 5.10 Å². The summed E-state index contributed by atoms with van der Waals surface area (Å²) in [7, 11) is 1.99. The molecule has 0 spiro atoms. The van der Waals surface area contributed by atoms with Gasteiger partial charge >= 0.3 is 0 Å². The van der Waals surface area contributed by atoms with E-state index in [-0.39, 0.29) is 0 Å². The maximum atomic E-state index is 4.50. The highest BCUT2D eigenvalue weighted by Crippen LogP contribution is 2.16. The van der Waals surface area contributed by atoms with Crippen molar-refractivity contribution in [3.63, 3.8) is 0 Å². The molecule has 0 radical (unpaired) electrons. The first kappa shape index (κ1) is 13.2. The second kappa shape index (κ2) is 6.69. The van der Waals surface area contributed by atoms with Crippen molar-refractivity contribution in [2.24, 2.45) is 7.05 Å². The summed E-state index contributed by atoms with van der Waals surface area (Å²) in [6.45, 7) is 8.69. The Morgan fingerprint density at radius 1 is 1.38 bits per heavy atom. The summed E-state index contributed by atoms with van der Waals surface area (Å²) >= 11 is 0. The van der Waals surface area contributed by atoms with Gasteiger partial charge in [0.2, 0.25) is 0 Å². The van der Waals surface area contributed by atoms with Crippen molar-refractivity contribution in [3.05, 3.63) is 17.5 Å². The van der Waals surface area contributed by atoms with Gasteiger partial charge in [0.15, 0.2) is 0 Å². The van der Waals surface area contributed by atoms with Gasteiger partial charge in [-0.05, 0) is 18.9 Å². The monoisotopic (exact) mass is 223 g/mol. The molecular formula is C13H25N3. The van der Waals surface area contributed by atoms with E-state index in [0.717, 1.165) is 13.1 Å². The van der Waals surface area contributed by atoms with Crippen molar-refractivity contribution < 1.29 is 0 Å². The first-order valence-corrected chi connectivity index (χ1v) is 6.38. The topological polar surface area (TPSA) is 29.9 Å². The average molecular weight is 223 g/mol. The second-order valence-electron chi connectivity index (χ2n) is 4.75. The van der Waals surface area contributed by atoms with E-state index in [4.69, 9.17) is 0 Å². The molecular weight excluding hydrogens is 198 g/mol. The number of nitrogens with one attached hydrogen (secondary N) is 1. The standard InChI is InChI=1S/C13H25N3/c1-5-6-7-8-14-9-12-10-16(4)15-13(12)11(2)3/h10-11,14H,5-9H2,1-4H3. The van der Waals surface area contributed by atoms with Gasteiger partial charge in [0, 0.05) is 25.4 Å². The molecule has 1 N–H and O–H groups in total. The third-order valence-electron chi connectivity index (χ3n) is 2.76. The first-order valence-electron chi connectivity index (χ1n) is 6.38. The van der Waals surface area contributed by atoms with Gasteiger partial charge < -0.3 is 5.32 Å². The number of hydrogen-bond donors (Lipinski definition) is 1. The van der Waals surface area contributed by atoms with Gasteiger partial charge in [-0.1, -0.05) is 33.6 Å². The molecule has 0 aliphatic rings. The van der Waals surface area contributed by atoms with Crippen LogP contribution in [0.15, 0.2) is 6.20 Å². The lowest BCUT2D eigenvalue weighted by Gasteiger charge is -2.06. The van der Waals surface area contributed by atoms with Gasteiger partial charge in [0.1, 0.15) is 0 Å². The average Bonchev–Trinajstić information content (AvgIpc) is 2.59. The fourth-order valence-electron chi connectivity index (χ4n) is 1.90. The summed E-state index contributed by atoms with van der Waals surface area (Å²) in [5.74, 6) is 0.508. The van der Waals surface area contributed by atoms with Crippen LogP contribution in [0.3, 0.4) is 0 Å². The van der Waals surface area contributed by atoms with E-state index in [1.165, 1.54) is 30.5 Å². The van der Waals surface area contributed by atoms with Crippen LogP contribution in [0.4, 0.5) is 0 Å². The minimum absolute atomic E-state index is 0.508. The van der Waals surface area contributed by atoms with Crippen LogP contribution >= 0.6 is 0 Å². The molecule has 3 nitrogen and oxygen atoms in total. The summed E-state index contributed by atoms with van der Waals surface area (Å²) < 4.78 is 1.92. The molecule has 0 aliphatic carbocycles. The Morgan fingerprint density at radius 3 is 2.75 bits per heavy atom. The first-order chi connectivity index (χ1) is 7.65. The van der Waals surface area contributed by atoms with E-state index >= 15 is 0 Å². The predicted molar refractivity (Wildman–Crippen MR) is 68.5 cm³/mol. The molecule has 1 aromatic heterocycles. The number of hydrogen-bond acceptors (Lipinski definition) is 2. The van der Waals surface area contributed by atoms with Crippen molar-refractivity contribution in [1.82, 2.24) is 15.1 Å². The zero-order valence-corrected chi connectivity index (χ0v) is 11.1. The smallest absolute Gasteiger partial charge is 0.0694 e. The molecule has 92 valence electrons. The summed E-state index contributed by atoms with van der Waals surface area (Å²) in [4.78, 5) is 0. The quantitative estimate of drug-likeness (QED) is 0.720. The van der Waals surface area contributed by atoms with Gasteiger partial charge in [0.25, 0.3) is 0 Å². The number of aromatic nitrogens is 2. The minimum atomic E-state index is 0.508. The van der Waals surface area contributed by atoms with Crippen molar-refractivity contribution in [1.29, 1.82) is 0 Å². The molecule has 1 heterocycles. The normalized spacial score (nSPS) is 11.3. The molecule has 0 unspecified atom stereocenters. The number of rotatable bonds is 7. The Bertz CT molecular complexity index is 302. The molecule has 0 aromatic carbocycles. The Hall–Kier alpha value is -0.830. The number of aryl methyl sites for hydroxylation is 1. The van der Waals surface area contributed by atoms with Crippen molar-refractivity contribution in [3.8, 4) is 0 Å². The zero-order valence-electron chi connectivity index (χ0n) is 11.1. The molecule has 3 heteroatoms. The van der Waals surface area contributed by atoms with Gasteiger partial charge in [-0.15, -0.1) is 0 Å². The highest BCUT2D eigenvalue weighted by Gasteiger charge is 2.10. The van der Waals surface area contributed by atoms with Crippen LogP contribution in [0.1, 0.15) is 57.2 Å². The SMILES string of the molecule is CCCCCNCc1cn(C)nc1C(C)C. The van der Waals surface area contributed by atoms with E-state index in [0.29, 0.717) is 5.92 Å². The molecule has 16 heavy (non-hydrogen) atoms. The molecule has 0 saturated carbocycles. The largest absolute Gasteiger partial charge is 0.313 e. The van der Waals surface area contributed by atoms with Crippen LogP contribution in [-0.4, -0.2) is 16.3 Å². The van der Waals surface area contributed by atoms with Crippen LogP contribution in [0, 0.1) is 0 Å². The molecule has 1 aromatic rings. The maximum Gasteiger partial charge on any atom is 0.0694 e. The van der Waals surface area contributed by atoms with Gasteiger partial charge in [-0.3, -0.25) is 4.68 Å². The van der Waals surface area contributed by atoms with E-state index in [2.05, 4.69) is 37.4 Å². The van der Waals surface area contributed by atoms with E-state index < -0.39 is 0 Å². The third-order valence-corrected chi connectivity index (χ3v) is 2.76. The second-order valence-corrected chi connectivity index (χ2v) is 4.75. The van der Waals surface area contributed by atoms with Crippen LogP contribution in [0.2, 0.25) is 0 Å². The molecule has 0 fully saturated rings.